The predicted molar refractivity (Wildman–Crippen MR) is 167 cm³/mol. The summed E-state index contributed by atoms with van der Waals surface area (Å²) in [4.78, 5) is 51.3. The number of ether oxygens (including phenoxy) is 2. The van der Waals surface area contributed by atoms with E-state index >= 15 is 0 Å². The molecular formula is C35H35N3O6. The quantitative estimate of drug-likeness (QED) is 0.133. The molecule has 0 fully saturated rings. The molecule has 3 aromatic rings. The van der Waals surface area contributed by atoms with Crippen LogP contribution < -0.4 is 10.6 Å². The Kier molecular flexibility index (Phi) is 10.7. The molecule has 0 aliphatic heterocycles. The average Bonchev–Trinajstić information content (AvgIpc) is 2.95. The number of hydrogen-bond acceptors (Lipinski definition) is 7. The monoisotopic (exact) mass is 593 g/mol. The lowest BCUT2D eigenvalue weighted by Gasteiger charge is -2.23. The van der Waals surface area contributed by atoms with Crippen molar-refractivity contribution < 1.29 is 28.7 Å². The first-order valence-electron chi connectivity index (χ1n) is 13.9. The number of nitrogens with one attached hydrogen (secondary N) is 2. The average molecular weight is 594 g/mol. The molecule has 0 heterocycles. The summed E-state index contributed by atoms with van der Waals surface area (Å²) in [6.45, 7) is 10.3. The zero-order valence-electron chi connectivity index (χ0n) is 25.6. The number of rotatable bonds is 7. The summed E-state index contributed by atoms with van der Waals surface area (Å²) in [5.41, 5.74) is 0.376. The minimum atomic E-state index is -1.01. The van der Waals surface area contributed by atoms with Crippen LogP contribution in [0.2, 0.25) is 0 Å². The van der Waals surface area contributed by atoms with Crippen LogP contribution in [0.4, 0.5) is 16.2 Å². The molecule has 9 heteroatoms. The van der Waals surface area contributed by atoms with E-state index in [9.17, 15) is 19.2 Å². The number of carbonyl (C=O) groups is 4. The summed E-state index contributed by atoms with van der Waals surface area (Å²) in [6, 6.07) is 21.9. The van der Waals surface area contributed by atoms with Crippen LogP contribution in [0.25, 0.3) is 0 Å². The van der Waals surface area contributed by atoms with E-state index in [1.807, 2.05) is 36.4 Å². The van der Waals surface area contributed by atoms with Crippen LogP contribution in [-0.2, 0) is 19.1 Å². The van der Waals surface area contributed by atoms with Crippen LogP contribution in [0.3, 0.4) is 0 Å². The fourth-order valence-corrected chi connectivity index (χ4v) is 3.69. The third kappa shape index (κ3) is 10.1. The number of nitriles is 1. The predicted octanol–water partition coefficient (Wildman–Crippen LogP) is 6.80. The first-order chi connectivity index (χ1) is 20.6. The number of hydrogen-bond donors (Lipinski definition) is 2. The van der Waals surface area contributed by atoms with Gasteiger partial charge in [0.25, 0.3) is 0 Å². The Hall–Kier alpha value is -5.41. The van der Waals surface area contributed by atoms with Crippen LogP contribution in [0, 0.1) is 28.6 Å². The number of anilines is 2. The van der Waals surface area contributed by atoms with E-state index in [-0.39, 0.29) is 16.9 Å². The summed E-state index contributed by atoms with van der Waals surface area (Å²) in [7, 11) is 0. The van der Waals surface area contributed by atoms with E-state index in [0.717, 1.165) is 0 Å². The minimum Gasteiger partial charge on any atom is -0.444 e. The van der Waals surface area contributed by atoms with Gasteiger partial charge in [0.15, 0.2) is 11.9 Å². The Balaban J connectivity index is 1.97. The summed E-state index contributed by atoms with van der Waals surface area (Å²) < 4.78 is 11.2. The molecule has 0 bridgehead atoms. The van der Waals surface area contributed by atoms with Gasteiger partial charge in [0, 0.05) is 16.7 Å². The Labute approximate surface area is 257 Å². The summed E-state index contributed by atoms with van der Waals surface area (Å²) in [5, 5.41) is 14.4. The van der Waals surface area contributed by atoms with E-state index in [1.165, 1.54) is 24.3 Å². The van der Waals surface area contributed by atoms with Crippen LogP contribution in [0.5, 0.6) is 0 Å². The van der Waals surface area contributed by atoms with Gasteiger partial charge in [-0.25, -0.2) is 4.79 Å². The van der Waals surface area contributed by atoms with Crippen molar-refractivity contribution >= 4 is 35.1 Å². The van der Waals surface area contributed by atoms with Crippen molar-refractivity contribution in [2.24, 2.45) is 5.41 Å². The van der Waals surface area contributed by atoms with Gasteiger partial charge >= 0.3 is 12.1 Å². The highest BCUT2D eigenvalue weighted by Crippen LogP contribution is 2.30. The third-order valence-electron chi connectivity index (χ3n) is 5.85. The molecule has 0 aliphatic rings. The molecule has 44 heavy (non-hydrogen) atoms. The Morgan fingerprint density at radius 2 is 1.50 bits per heavy atom. The largest absolute Gasteiger partial charge is 0.444 e. The number of esters is 1. The third-order valence-corrected chi connectivity index (χ3v) is 5.85. The van der Waals surface area contributed by atoms with Gasteiger partial charge in [0.2, 0.25) is 5.91 Å². The number of benzene rings is 3. The van der Waals surface area contributed by atoms with Crippen molar-refractivity contribution in [1.82, 2.24) is 0 Å². The van der Waals surface area contributed by atoms with Crippen molar-refractivity contribution in [3.05, 3.63) is 95.1 Å². The second kappa shape index (κ2) is 14.2. The SMILES string of the molecule is CC(C)(C)OC(=O)Nc1cc(C(C#Cc2ccccc2)OC(=O)C(C)(C)C)ccc1NC(=O)CC(=O)c1cccc(C#N)c1. The Morgan fingerprint density at radius 3 is 2.14 bits per heavy atom. The molecule has 9 nitrogen and oxygen atoms in total. The number of amides is 2. The van der Waals surface area contributed by atoms with E-state index in [0.29, 0.717) is 16.7 Å². The first kappa shape index (κ1) is 33.1. The lowest BCUT2D eigenvalue weighted by molar-refractivity contribution is -0.156. The fourth-order valence-electron chi connectivity index (χ4n) is 3.69. The van der Waals surface area contributed by atoms with E-state index in [1.54, 1.807) is 59.7 Å². The number of carbonyl (C=O) groups excluding carboxylic acids is 4. The highest BCUT2D eigenvalue weighted by molar-refractivity contribution is 6.12. The van der Waals surface area contributed by atoms with Gasteiger partial charge in [0.1, 0.15) is 5.60 Å². The topological polar surface area (TPSA) is 135 Å². The van der Waals surface area contributed by atoms with Crippen molar-refractivity contribution in [1.29, 1.82) is 5.26 Å². The molecule has 0 saturated heterocycles. The van der Waals surface area contributed by atoms with Crippen LogP contribution in [-0.4, -0.2) is 29.4 Å². The molecule has 1 unspecified atom stereocenters. The maximum Gasteiger partial charge on any atom is 0.412 e. The number of ketones is 1. The van der Waals surface area contributed by atoms with E-state index < -0.39 is 47.3 Å². The fraction of sp³-hybridized carbons (Fsp3) is 0.286. The molecule has 226 valence electrons. The maximum atomic E-state index is 12.9. The van der Waals surface area contributed by atoms with Gasteiger partial charge in [-0.1, -0.05) is 42.3 Å². The smallest absolute Gasteiger partial charge is 0.412 e. The molecule has 0 saturated carbocycles. The van der Waals surface area contributed by atoms with Crippen LogP contribution >= 0.6 is 0 Å². The molecule has 0 spiro atoms. The second-order valence-electron chi connectivity index (χ2n) is 11.9. The highest BCUT2D eigenvalue weighted by atomic mass is 16.6. The molecular weight excluding hydrogens is 558 g/mol. The van der Waals surface area contributed by atoms with Gasteiger partial charge in [-0.05, 0) is 83.9 Å². The zero-order valence-corrected chi connectivity index (χ0v) is 25.6. The second-order valence-corrected chi connectivity index (χ2v) is 11.9. The van der Waals surface area contributed by atoms with Crippen LogP contribution in [0.15, 0.2) is 72.8 Å². The first-order valence-corrected chi connectivity index (χ1v) is 13.9. The van der Waals surface area contributed by atoms with Crippen LogP contribution in [0.1, 0.15) is 81.1 Å². The van der Waals surface area contributed by atoms with Gasteiger partial charge in [-0.2, -0.15) is 5.26 Å². The van der Waals surface area contributed by atoms with E-state index in [4.69, 9.17) is 14.7 Å². The molecule has 0 radical (unpaired) electrons. The Morgan fingerprint density at radius 1 is 0.818 bits per heavy atom. The standard InChI is InChI=1S/C35H35N3O6/c1-34(2,3)32(41)43-30(18-15-23-11-8-7-9-12-23)26-16-17-27(28(20-26)38-33(42)44-35(4,5)6)37-31(40)21-29(39)25-14-10-13-24(19-25)22-36/h7-14,16-17,19-20,30H,21H2,1-6H3,(H,37,40)(H,38,42). The molecule has 0 aliphatic carbocycles. The molecule has 0 aromatic heterocycles. The minimum absolute atomic E-state index is 0.141. The van der Waals surface area contributed by atoms with Gasteiger partial charge in [-0.3, -0.25) is 19.7 Å². The molecule has 2 N–H and O–H groups in total. The highest BCUT2D eigenvalue weighted by Gasteiger charge is 2.27. The summed E-state index contributed by atoms with van der Waals surface area (Å²) >= 11 is 0. The molecule has 3 rings (SSSR count). The molecule has 3 aromatic carbocycles. The van der Waals surface area contributed by atoms with Crippen molar-refractivity contribution in [2.45, 2.75) is 59.7 Å². The maximum absolute atomic E-state index is 12.9. The number of nitrogens with zero attached hydrogens (tertiary/aromatic N) is 1. The lowest BCUT2D eigenvalue weighted by Crippen LogP contribution is -2.28. The van der Waals surface area contributed by atoms with Gasteiger partial charge in [-0.15, -0.1) is 0 Å². The molecule has 1 atom stereocenters. The molecule has 2 amide bonds. The van der Waals surface area contributed by atoms with Crippen molar-refractivity contribution in [2.75, 3.05) is 10.6 Å². The van der Waals surface area contributed by atoms with Crippen molar-refractivity contribution in [3.63, 3.8) is 0 Å². The van der Waals surface area contributed by atoms with E-state index in [2.05, 4.69) is 22.5 Å². The van der Waals surface area contributed by atoms with Gasteiger partial charge in [0.05, 0.1) is 34.8 Å². The normalized spacial score (nSPS) is 11.6. The van der Waals surface area contributed by atoms with Crippen molar-refractivity contribution in [3.8, 4) is 17.9 Å². The zero-order chi connectivity index (χ0) is 32.5. The van der Waals surface area contributed by atoms with Gasteiger partial charge < -0.3 is 14.8 Å². The Bertz CT molecular complexity index is 1650. The number of Topliss-reactive ketones (excluding diaryl/α,β-unsaturated/α-hetero) is 1. The lowest BCUT2D eigenvalue weighted by atomic mass is 9.97. The summed E-state index contributed by atoms with van der Waals surface area (Å²) in [6.07, 6.45) is -2.30. The summed E-state index contributed by atoms with van der Waals surface area (Å²) in [5.74, 6) is 4.40.